The molecule has 142 valence electrons. The van der Waals surface area contributed by atoms with Crippen molar-refractivity contribution >= 4 is 11.6 Å². The van der Waals surface area contributed by atoms with Crippen molar-refractivity contribution in [1.29, 1.82) is 0 Å². The first-order chi connectivity index (χ1) is 13.6. The molecule has 28 heavy (non-hydrogen) atoms. The number of carbonyl (C=O) groups is 1. The van der Waals surface area contributed by atoms with Gasteiger partial charge in [-0.2, -0.15) is 0 Å². The molecule has 2 aromatic carbocycles. The molecule has 2 heterocycles. The lowest BCUT2D eigenvalue weighted by Gasteiger charge is -2.32. The van der Waals surface area contributed by atoms with Gasteiger partial charge in [0.2, 0.25) is 5.91 Å². The Kier molecular flexibility index (Phi) is 3.86. The molecule has 5 heteroatoms. The van der Waals surface area contributed by atoms with Gasteiger partial charge in [0.25, 0.3) is 0 Å². The largest absolute Gasteiger partial charge is 0.356 e. The summed E-state index contributed by atoms with van der Waals surface area (Å²) in [5.41, 5.74) is 3.76. The molecule has 3 aromatic rings. The topological polar surface area (TPSA) is 46.3 Å². The summed E-state index contributed by atoms with van der Waals surface area (Å²) in [5.74, 6) is 0.0780. The fourth-order valence-electron chi connectivity index (χ4n) is 4.19. The van der Waals surface area contributed by atoms with E-state index in [9.17, 15) is 9.18 Å². The summed E-state index contributed by atoms with van der Waals surface area (Å²) in [7, 11) is 0. The lowest BCUT2D eigenvalue weighted by atomic mass is 9.94. The van der Waals surface area contributed by atoms with Crippen molar-refractivity contribution in [1.82, 2.24) is 5.16 Å². The zero-order valence-corrected chi connectivity index (χ0v) is 15.7. The van der Waals surface area contributed by atoms with Gasteiger partial charge in [-0.1, -0.05) is 35.0 Å². The Labute approximate surface area is 163 Å². The third kappa shape index (κ3) is 2.65. The number of amides is 1. The Morgan fingerprint density at radius 3 is 2.79 bits per heavy atom. The van der Waals surface area contributed by atoms with Crippen LogP contribution in [0.4, 0.5) is 10.1 Å². The molecule has 2 aliphatic rings. The summed E-state index contributed by atoms with van der Waals surface area (Å²) in [6, 6.07) is 14.4. The molecule has 1 aliphatic heterocycles. The van der Waals surface area contributed by atoms with Crippen LogP contribution in [0.1, 0.15) is 36.1 Å². The van der Waals surface area contributed by atoms with E-state index in [4.69, 9.17) is 4.52 Å². The minimum atomic E-state index is -0.646. The Hall–Kier alpha value is -2.95. The average Bonchev–Trinajstić information content (AvgIpc) is 3.37. The van der Waals surface area contributed by atoms with Crippen molar-refractivity contribution in [3.05, 3.63) is 71.2 Å². The van der Waals surface area contributed by atoms with Crippen molar-refractivity contribution in [2.75, 3.05) is 11.4 Å². The van der Waals surface area contributed by atoms with Gasteiger partial charge in [-0.25, -0.2) is 4.39 Å². The number of fused-ring (bicyclic) bond motifs is 1. The maximum absolute atomic E-state index is 14.1. The molecule has 0 spiro atoms. The predicted molar refractivity (Wildman–Crippen MR) is 105 cm³/mol. The van der Waals surface area contributed by atoms with Gasteiger partial charge in [0, 0.05) is 18.3 Å². The molecule has 1 amide bonds. The second-order valence-corrected chi connectivity index (χ2v) is 7.83. The number of aromatic nitrogens is 1. The highest BCUT2D eigenvalue weighted by atomic mass is 19.1. The molecule has 4 nitrogen and oxygen atoms in total. The number of hydrogen-bond donors (Lipinski definition) is 0. The van der Waals surface area contributed by atoms with Gasteiger partial charge in [-0.05, 0) is 56.4 Å². The Bertz CT molecular complexity index is 1070. The predicted octanol–water partition coefficient (Wildman–Crippen LogP) is 4.80. The molecule has 5 rings (SSSR count). The van der Waals surface area contributed by atoms with Crippen molar-refractivity contribution in [2.24, 2.45) is 0 Å². The number of anilines is 1. The lowest BCUT2D eigenvalue weighted by Crippen LogP contribution is -2.42. The van der Waals surface area contributed by atoms with Crippen molar-refractivity contribution in [3.63, 3.8) is 0 Å². The standard InChI is InChI=1S/C23H21FN2O2/c1-15-8-9-19-16(13-15)5-4-12-26(19)22(27)23(10-11-23)21-14-20(28-25-21)17-6-2-3-7-18(17)24/h2-3,6-9,13-14H,4-5,10-12H2,1H3. The summed E-state index contributed by atoms with van der Waals surface area (Å²) in [6.07, 6.45) is 3.44. The van der Waals surface area contributed by atoms with Crippen LogP contribution < -0.4 is 4.90 Å². The smallest absolute Gasteiger partial charge is 0.239 e. The molecule has 0 N–H and O–H groups in total. The molecule has 1 aromatic heterocycles. The molecule has 1 fully saturated rings. The van der Waals surface area contributed by atoms with E-state index in [0.717, 1.165) is 31.4 Å². The minimum Gasteiger partial charge on any atom is -0.356 e. The van der Waals surface area contributed by atoms with Gasteiger partial charge >= 0.3 is 0 Å². The highest BCUT2D eigenvalue weighted by Crippen LogP contribution is 2.51. The van der Waals surface area contributed by atoms with Crippen LogP contribution >= 0.6 is 0 Å². The molecule has 0 radical (unpaired) electrons. The van der Waals surface area contributed by atoms with E-state index in [2.05, 4.69) is 24.2 Å². The SMILES string of the molecule is Cc1ccc2c(c1)CCCN2C(=O)C1(c2cc(-c3ccccc3F)on2)CC1. The van der Waals surface area contributed by atoms with Crippen LogP contribution in [0.25, 0.3) is 11.3 Å². The maximum atomic E-state index is 14.1. The van der Waals surface area contributed by atoms with Gasteiger partial charge < -0.3 is 9.42 Å². The average molecular weight is 376 g/mol. The molecule has 0 bridgehead atoms. The van der Waals surface area contributed by atoms with Crippen LogP contribution in [0.3, 0.4) is 0 Å². The first kappa shape index (κ1) is 17.2. The Morgan fingerprint density at radius 1 is 1.18 bits per heavy atom. The second kappa shape index (κ2) is 6.30. The van der Waals surface area contributed by atoms with Crippen LogP contribution in [-0.4, -0.2) is 17.6 Å². The number of hydrogen-bond acceptors (Lipinski definition) is 3. The van der Waals surface area contributed by atoms with Gasteiger partial charge in [0.1, 0.15) is 5.82 Å². The Morgan fingerprint density at radius 2 is 2.00 bits per heavy atom. The van der Waals surface area contributed by atoms with E-state index in [0.29, 0.717) is 23.6 Å². The van der Waals surface area contributed by atoms with Crippen molar-refractivity contribution in [2.45, 2.75) is 38.0 Å². The molecule has 0 unspecified atom stereocenters. The first-order valence-electron chi connectivity index (χ1n) is 9.72. The number of rotatable bonds is 3. The second-order valence-electron chi connectivity index (χ2n) is 7.83. The normalized spacial score (nSPS) is 17.3. The molecule has 1 aliphatic carbocycles. The highest BCUT2D eigenvalue weighted by molar-refractivity contribution is 6.03. The third-order valence-electron chi connectivity index (χ3n) is 5.90. The van der Waals surface area contributed by atoms with E-state index < -0.39 is 5.41 Å². The van der Waals surface area contributed by atoms with Crippen LogP contribution in [0.5, 0.6) is 0 Å². The lowest BCUT2D eigenvalue weighted by molar-refractivity contribution is -0.121. The van der Waals surface area contributed by atoms with Gasteiger partial charge in [0.05, 0.1) is 16.7 Å². The van der Waals surface area contributed by atoms with Crippen LogP contribution in [-0.2, 0) is 16.6 Å². The van der Waals surface area contributed by atoms with E-state index in [1.165, 1.54) is 17.2 Å². The van der Waals surface area contributed by atoms with Crippen molar-refractivity contribution < 1.29 is 13.7 Å². The zero-order valence-electron chi connectivity index (χ0n) is 15.7. The van der Waals surface area contributed by atoms with Gasteiger partial charge in [-0.15, -0.1) is 0 Å². The number of benzene rings is 2. The van der Waals surface area contributed by atoms with Gasteiger partial charge in [0.15, 0.2) is 5.76 Å². The van der Waals surface area contributed by atoms with E-state index in [1.807, 2.05) is 11.0 Å². The summed E-state index contributed by atoms with van der Waals surface area (Å²) in [4.78, 5) is 15.4. The monoisotopic (exact) mass is 376 g/mol. The quantitative estimate of drug-likeness (QED) is 0.660. The van der Waals surface area contributed by atoms with Crippen LogP contribution in [0, 0.1) is 12.7 Å². The summed E-state index contributed by atoms with van der Waals surface area (Å²) in [5, 5.41) is 4.16. The number of carbonyl (C=O) groups excluding carboxylic acids is 1. The van der Waals surface area contributed by atoms with Crippen molar-refractivity contribution in [3.8, 4) is 11.3 Å². The van der Waals surface area contributed by atoms with E-state index in [1.54, 1.807) is 24.3 Å². The van der Waals surface area contributed by atoms with E-state index >= 15 is 0 Å². The molecule has 1 saturated carbocycles. The molecular weight excluding hydrogens is 355 g/mol. The summed E-state index contributed by atoms with van der Waals surface area (Å²) in [6.45, 7) is 2.79. The van der Waals surface area contributed by atoms with Crippen LogP contribution in [0.2, 0.25) is 0 Å². The van der Waals surface area contributed by atoms with E-state index in [-0.39, 0.29) is 11.7 Å². The third-order valence-corrected chi connectivity index (χ3v) is 5.90. The fraction of sp³-hybridized carbons (Fsp3) is 0.304. The number of nitrogens with zero attached hydrogens (tertiary/aromatic N) is 2. The number of halogens is 1. The van der Waals surface area contributed by atoms with Crippen LogP contribution in [0.15, 0.2) is 53.1 Å². The molecule has 0 saturated heterocycles. The summed E-state index contributed by atoms with van der Waals surface area (Å²) < 4.78 is 19.5. The fourth-order valence-corrected chi connectivity index (χ4v) is 4.19. The maximum Gasteiger partial charge on any atom is 0.239 e. The summed E-state index contributed by atoms with van der Waals surface area (Å²) >= 11 is 0. The Balaban J connectivity index is 1.48. The number of aryl methyl sites for hydroxylation is 2. The molecular formula is C23H21FN2O2. The highest BCUT2D eigenvalue weighted by Gasteiger charge is 2.56. The zero-order chi connectivity index (χ0) is 19.3. The van der Waals surface area contributed by atoms with Gasteiger partial charge in [-0.3, -0.25) is 4.79 Å². The molecule has 0 atom stereocenters. The first-order valence-corrected chi connectivity index (χ1v) is 9.72. The minimum absolute atomic E-state index is 0.0747.